The van der Waals surface area contributed by atoms with Gasteiger partial charge in [-0.05, 0) is 55.6 Å². The average molecular weight is 393 g/mol. The molecular formula is C12H9Br2F2N3. The zero-order chi connectivity index (χ0) is 14.0. The summed E-state index contributed by atoms with van der Waals surface area (Å²) in [6, 6.07) is 3.35. The normalized spacial score (nSPS) is 12.5. The molecule has 0 saturated heterocycles. The lowest BCUT2D eigenvalue weighted by Crippen LogP contribution is -2.30. The third-order valence-corrected chi connectivity index (χ3v) is 3.64. The lowest BCUT2D eigenvalue weighted by atomic mass is 10.00. The summed E-state index contributed by atoms with van der Waals surface area (Å²) in [6.07, 6.45) is 3.07. The molecule has 19 heavy (non-hydrogen) atoms. The van der Waals surface area contributed by atoms with Crippen molar-refractivity contribution < 1.29 is 8.78 Å². The second-order valence-electron chi connectivity index (χ2n) is 3.79. The fraction of sp³-hybridized carbons (Fsp3) is 0.0833. The van der Waals surface area contributed by atoms with Crippen LogP contribution in [0.4, 0.5) is 8.78 Å². The zero-order valence-corrected chi connectivity index (χ0v) is 12.7. The van der Waals surface area contributed by atoms with E-state index in [-0.39, 0.29) is 10.0 Å². The third-order valence-electron chi connectivity index (χ3n) is 2.59. The van der Waals surface area contributed by atoms with E-state index in [0.29, 0.717) is 10.0 Å². The predicted molar refractivity (Wildman–Crippen MR) is 75.2 cm³/mol. The first-order valence-corrected chi connectivity index (χ1v) is 6.83. The van der Waals surface area contributed by atoms with E-state index in [1.165, 1.54) is 18.3 Å². The number of pyridine rings is 1. The van der Waals surface area contributed by atoms with Crippen LogP contribution in [0.3, 0.4) is 0 Å². The molecule has 0 fully saturated rings. The standard InChI is InChI=1S/C12H9Br2F2N3/c13-7-3-6(4-18-5-7)12(19-17)10-9(15)2-1-8(14)11(10)16/h1-5,12,19H,17H2. The Kier molecular flexibility index (Phi) is 4.62. The minimum Gasteiger partial charge on any atom is -0.271 e. The fourth-order valence-electron chi connectivity index (χ4n) is 1.74. The van der Waals surface area contributed by atoms with Crippen molar-refractivity contribution in [3.63, 3.8) is 0 Å². The maximum absolute atomic E-state index is 14.1. The second kappa shape index (κ2) is 6.04. The summed E-state index contributed by atoms with van der Waals surface area (Å²) >= 11 is 6.29. The molecule has 0 spiro atoms. The second-order valence-corrected chi connectivity index (χ2v) is 5.56. The third kappa shape index (κ3) is 3.00. The highest BCUT2D eigenvalue weighted by molar-refractivity contribution is 9.10. The Morgan fingerprint density at radius 3 is 2.58 bits per heavy atom. The van der Waals surface area contributed by atoms with Crippen molar-refractivity contribution in [2.45, 2.75) is 6.04 Å². The van der Waals surface area contributed by atoms with Gasteiger partial charge >= 0.3 is 0 Å². The first-order valence-electron chi connectivity index (χ1n) is 5.24. The van der Waals surface area contributed by atoms with Gasteiger partial charge in [0.2, 0.25) is 0 Å². The van der Waals surface area contributed by atoms with Crippen LogP contribution in [0, 0.1) is 11.6 Å². The molecule has 0 bridgehead atoms. The molecule has 0 amide bonds. The maximum Gasteiger partial charge on any atom is 0.145 e. The van der Waals surface area contributed by atoms with Crippen molar-refractivity contribution in [3.05, 3.63) is 62.3 Å². The molecule has 1 atom stereocenters. The Morgan fingerprint density at radius 1 is 1.21 bits per heavy atom. The van der Waals surface area contributed by atoms with E-state index < -0.39 is 17.7 Å². The van der Waals surface area contributed by atoms with Gasteiger partial charge in [-0.15, -0.1) is 0 Å². The maximum atomic E-state index is 14.1. The molecule has 0 saturated carbocycles. The van der Waals surface area contributed by atoms with Gasteiger partial charge in [-0.1, -0.05) is 0 Å². The van der Waals surface area contributed by atoms with Crippen molar-refractivity contribution in [2.24, 2.45) is 5.84 Å². The molecule has 1 unspecified atom stereocenters. The van der Waals surface area contributed by atoms with E-state index in [1.54, 1.807) is 12.3 Å². The van der Waals surface area contributed by atoms with E-state index in [4.69, 9.17) is 5.84 Å². The summed E-state index contributed by atoms with van der Waals surface area (Å²) < 4.78 is 28.8. The minimum atomic E-state index is -0.831. The SMILES string of the molecule is NNC(c1cncc(Br)c1)c1c(F)ccc(Br)c1F. The number of halogens is 4. The van der Waals surface area contributed by atoms with Crippen LogP contribution >= 0.6 is 31.9 Å². The van der Waals surface area contributed by atoms with Gasteiger partial charge in [-0.2, -0.15) is 0 Å². The molecule has 7 heteroatoms. The summed E-state index contributed by atoms with van der Waals surface area (Å²) in [5.41, 5.74) is 2.80. The summed E-state index contributed by atoms with van der Waals surface area (Å²) in [5, 5.41) is 0. The van der Waals surface area contributed by atoms with Crippen LogP contribution in [0.15, 0.2) is 39.5 Å². The Balaban J connectivity index is 2.57. The number of hydrazine groups is 1. The van der Waals surface area contributed by atoms with Gasteiger partial charge in [-0.25, -0.2) is 14.2 Å². The minimum absolute atomic E-state index is 0.156. The van der Waals surface area contributed by atoms with Crippen LogP contribution in [-0.4, -0.2) is 4.98 Å². The number of hydrogen-bond acceptors (Lipinski definition) is 3. The molecular weight excluding hydrogens is 384 g/mol. The molecule has 3 N–H and O–H groups in total. The quantitative estimate of drug-likeness (QED) is 0.478. The molecule has 0 aliphatic carbocycles. The van der Waals surface area contributed by atoms with Crippen molar-refractivity contribution in [3.8, 4) is 0 Å². The molecule has 2 aromatic rings. The van der Waals surface area contributed by atoms with E-state index in [0.717, 1.165) is 0 Å². The molecule has 1 aromatic heterocycles. The Hall–Kier alpha value is -0.890. The van der Waals surface area contributed by atoms with Crippen molar-refractivity contribution in [1.29, 1.82) is 0 Å². The fourth-order valence-corrected chi connectivity index (χ4v) is 2.47. The van der Waals surface area contributed by atoms with Crippen molar-refractivity contribution >= 4 is 31.9 Å². The molecule has 0 radical (unpaired) electrons. The molecule has 1 heterocycles. The highest BCUT2D eigenvalue weighted by Gasteiger charge is 2.23. The first-order chi connectivity index (χ1) is 9.04. The summed E-state index contributed by atoms with van der Waals surface area (Å²) in [5.74, 6) is 4.06. The van der Waals surface area contributed by atoms with Gasteiger partial charge in [0.1, 0.15) is 11.6 Å². The monoisotopic (exact) mass is 391 g/mol. The van der Waals surface area contributed by atoms with Crippen LogP contribution in [0.25, 0.3) is 0 Å². The molecule has 100 valence electrons. The van der Waals surface area contributed by atoms with Crippen LogP contribution in [-0.2, 0) is 0 Å². The number of hydrogen-bond donors (Lipinski definition) is 2. The number of nitrogens with one attached hydrogen (secondary N) is 1. The van der Waals surface area contributed by atoms with Gasteiger partial charge in [-0.3, -0.25) is 10.8 Å². The molecule has 0 aliphatic rings. The van der Waals surface area contributed by atoms with Crippen LogP contribution < -0.4 is 11.3 Å². The van der Waals surface area contributed by atoms with Crippen LogP contribution in [0.2, 0.25) is 0 Å². The molecule has 3 nitrogen and oxygen atoms in total. The van der Waals surface area contributed by atoms with Crippen LogP contribution in [0.1, 0.15) is 17.2 Å². The van der Waals surface area contributed by atoms with Gasteiger partial charge in [0, 0.05) is 22.4 Å². The smallest absolute Gasteiger partial charge is 0.145 e. The largest absolute Gasteiger partial charge is 0.271 e. The van der Waals surface area contributed by atoms with Gasteiger partial charge in [0.15, 0.2) is 0 Å². The summed E-state index contributed by atoms with van der Waals surface area (Å²) in [7, 11) is 0. The lowest BCUT2D eigenvalue weighted by molar-refractivity contribution is 0.507. The average Bonchev–Trinajstić information content (AvgIpc) is 2.39. The van der Waals surface area contributed by atoms with Gasteiger partial charge in [0.05, 0.1) is 10.5 Å². The Morgan fingerprint density at radius 2 is 1.95 bits per heavy atom. The number of nitrogens with two attached hydrogens (primary N) is 1. The number of rotatable bonds is 3. The number of aromatic nitrogens is 1. The van der Waals surface area contributed by atoms with Crippen LogP contribution in [0.5, 0.6) is 0 Å². The topological polar surface area (TPSA) is 50.9 Å². The summed E-state index contributed by atoms with van der Waals surface area (Å²) in [6.45, 7) is 0. The van der Waals surface area contributed by atoms with E-state index in [1.807, 2.05) is 0 Å². The highest BCUT2D eigenvalue weighted by atomic mass is 79.9. The molecule has 0 aliphatic heterocycles. The summed E-state index contributed by atoms with van der Waals surface area (Å²) in [4.78, 5) is 3.96. The van der Waals surface area contributed by atoms with Gasteiger partial charge in [0.25, 0.3) is 0 Å². The van der Waals surface area contributed by atoms with E-state index in [2.05, 4.69) is 42.3 Å². The zero-order valence-electron chi connectivity index (χ0n) is 9.50. The lowest BCUT2D eigenvalue weighted by Gasteiger charge is -2.18. The Labute approximate surface area is 125 Å². The molecule has 1 aromatic carbocycles. The highest BCUT2D eigenvalue weighted by Crippen LogP contribution is 2.30. The number of benzene rings is 1. The van der Waals surface area contributed by atoms with Crippen molar-refractivity contribution in [2.75, 3.05) is 0 Å². The van der Waals surface area contributed by atoms with E-state index >= 15 is 0 Å². The Bertz CT molecular complexity index is 608. The first kappa shape index (κ1) is 14.5. The number of nitrogens with zero attached hydrogens (tertiary/aromatic N) is 1. The molecule has 2 rings (SSSR count). The van der Waals surface area contributed by atoms with Crippen molar-refractivity contribution in [1.82, 2.24) is 10.4 Å². The van der Waals surface area contributed by atoms with Gasteiger partial charge < -0.3 is 0 Å². The predicted octanol–water partition coefficient (Wildman–Crippen LogP) is 3.44. The van der Waals surface area contributed by atoms with E-state index in [9.17, 15) is 8.78 Å².